The quantitative estimate of drug-likeness (QED) is 0.806. The third kappa shape index (κ3) is 2.25. The maximum Gasteiger partial charge on any atom is 0.0703 e. The molecule has 0 radical (unpaired) electrons. The Hall–Kier alpha value is -1.61. The van der Waals surface area contributed by atoms with Gasteiger partial charge in [-0.05, 0) is 37.9 Å². The maximum absolute atomic E-state index is 5.70. The fourth-order valence-corrected chi connectivity index (χ4v) is 1.66. The topological polar surface area (TPSA) is 42.2 Å². The van der Waals surface area contributed by atoms with Crippen molar-refractivity contribution in [3.8, 4) is 0 Å². The van der Waals surface area contributed by atoms with Crippen molar-refractivity contribution in [2.24, 2.45) is 0 Å². The first-order valence-corrected chi connectivity index (χ1v) is 4.94. The Morgan fingerprint density at radius 2 is 2.07 bits per heavy atom. The molecule has 3 nitrogen and oxygen atoms in total. The molecular weight excluding hydrogens is 186 g/mol. The zero-order valence-corrected chi connectivity index (χ0v) is 9.07. The van der Waals surface area contributed by atoms with Gasteiger partial charge in [-0.1, -0.05) is 6.07 Å². The van der Waals surface area contributed by atoms with E-state index in [2.05, 4.69) is 36.1 Å². The monoisotopic (exact) mass is 201 g/mol. The van der Waals surface area contributed by atoms with E-state index in [0.29, 0.717) is 5.69 Å². The van der Waals surface area contributed by atoms with Crippen LogP contribution in [0.5, 0.6) is 0 Å². The van der Waals surface area contributed by atoms with Gasteiger partial charge in [-0.25, -0.2) is 0 Å². The molecule has 0 saturated heterocycles. The average molecular weight is 201 g/mol. The SMILES string of the molecule is CN(C)Cc1ccc2ncc(N)cc2c1. The highest BCUT2D eigenvalue weighted by molar-refractivity contribution is 5.81. The Morgan fingerprint density at radius 3 is 2.80 bits per heavy atom. The van der Waals surface area contributed by atoms with E-state index in [0.717, 1.165) is 17.4 Å². The van der Waals surface area contributed by atoms with Crippen molar-refractivity contribution in [2.45, 2.75) is 6.54 Å². The molecule has 1 aromatic heterocycles. The Bertz CT molecular complexity index is 477. The predicted octanol–water partition coefficient (Wildman–Crippen LogP) is 1.88. The third-order valence-electron chi connectivity index (χ3n) is 2.27. The van der Waals surface area contributed by atoms with Crippen LogP contribution in [0.1, 0.15) is 5.56 Å². The van der Waals surface area contributed by atoms with E-state index in [-0.39, 0.29) is 0 Å². The number of benzene rings is 1. The van der Waals surface area contributed by atoms with Crippen molar-refractivity contribution in [1.82, 2.24) is 9.88 Å². The Balaban J connectivity index is 2.45. The third-order valence-corrected chi connectivity index (χ3v) is 2.27. The summed E-state index contributed by atoms with van der Waals surface area (Å²) >= 11 is 0. The highest BCUT2D eigenvalue weighted by atomic mass is 15.0. The number of pyridine rings is 1. The van der Waals surface area contributed by atoms with Crippen molar-refractivity contribution in [3.05, 3.63) is 36.0 Å². The molecule has 0 bridgehead atoms. The largest absolute Gasteiger partial charge is 0.397 e. The van der Waals surface area contributed by atoms with Crippen molar-refractivity contribution in [1.29, 1.82) is 0 Å². The molecule has 0 spiro atoms. The molecule has 0 aliphatic carbocycles. The summed E-state index contributed by atoms with van der Waals surface area (Å²) < 4.78 is 0. The summed E-state index contributed by atoms with van der Waals surface area (Å²) in [5, 5.41) is 1.11. The zero-order valence-electron chi connectivity index (χ0n) is 9.07. The molecule has 2 aromatic rings. The molecule has 0 aliphatic heterocycles. The Kier molecular flexibility index (Phi) is 2.56. The van der Waals surface area contributed by atoms with Crippen LogP contribution in [0.15, 0.2) is 30.5 Å². The fraction of sp³-hybridized carbons (Fsp3) is 0.250. The van der Waals surface area contributed by atoms with Crippen molar-refractivity contribution >= 4 is 16.6 Å². The molecule has 2 rings (SSSR count). The summed E-state index contributed by atoms with van der Waals surface area (Å²) in [6, 6.07) is 8.24. The molecule has 0 fully saturated rings. The van der Waals surface area contributed by atoms with E-state index >= 15 is 0 Å². The van der Waals surface area contributed by atoms with E-state index in [9.17, 15) is 0 Å². The fourth-order valence-electron chi connectivity index (χ4n) is 1.66. The maximum atomic E-state index is 5.70. The lowest BCUT2D eigenvalue weighted by Crippen LogP contribution is -2.10. The van der Waals surface area contributed by atoms with Gasteiger partial charge in [0.15, 0.2) is 0 Å². The van der Waals surface area contributed by atoms with Gasteiger partial charge in [0.05, 0.1) is 17.4 Å². The van der Waals surface area contributed by atoms with Gasteiger partial charge in [-0.3, -0.25) is 4.98 Å². The van der Waals surface area contributed by atoms with Gasteiger partial charge >= 0.3 is 0 Å². The van der Waals surface area contributed by atoms with E-state index in [1.165, 1.54) is 5.56 Å². The minimum atomic E-state index is 0.713. The van der Waals surface area contributed by atoms with Crippen molar-refractivity contribution in [3.63, 3.8) is 0 Å². The first-order valence-electron chi connectivity index (χ1n) is 4.94. The average Bonchev–Trinajstić information content (AvgIpc) is 2.16. The molecule has 2 N–H and O–H groups in total. The summed E-state index contributed by atoms with van der Waals surface area (Å²) in [6.45, 7) is 0.935. The molecule has 15 heavy (non-hydrogen) atoms. The molecule has 3 heteroatoms. The highest BCUT2D eigenvalue weighted by Crippen LogP contribution is 2.17. The van der Waals surface area contributed by atoms with Crippen molar-refractivity contribution < 1.29 is 0 Å². The number of fused-ring (bicyclic) bond motifs is 1. The lowest BCUT2D eigenvalue weighted by Gasteiger charge is -2.10. The van der Waals surface area contributed by atoms with Gasteiger partial charge in [0.25, 0.3) is 0 Å². The second-order valence-electron chi connectivity index (χ2n) is 4.03. The van der Waals surface area contributed by atoms with Crippen LogP contribution in [0.3, 0.4) is 0 Å². The summed E-state index contributed by atoms with van der Waals surface area (Å²) in [4.78, 5) is 6.40. The van der Waals surface area contributed by atoms with Gasteiger partial charge in [-0.15, -0.1) is 0 Å². The lowest BCUT2D eigenvalue weighted by molar-refractivity contribution is 0.403. The number of hydrogen-bond acceptors (Lipinski definition) is 3. The smallest absolute Gasteiger partial charge is 0.0703 e. The summed E-state index contributed by atoms with van der Waals surface area (Å²) in [7, 11) is 4.11. The van der Waals surface area contributed by atoms with Crippen LogP contribution in [0.25, 0.3) is 10.9 Å². The number of rotatable bonds is 2. The van der Waals surface area contributed by atoms with Crippen molar-refractivity contribution in [2.75, 3.05) is 19.8 Å². The zero-order chi connectivity index (χ0) is 10.8. The van der Waals surface area contributed by atoms with Crippen LogP contribution in [0, 0.1) is 0 Å². The van der Waals surface area contributed by atoms with Gasteiger partial charge < -0.3 is 10.6 Å². The lowest BCUT2D eigenvalue weighted by atomic mass is 10.1. The van der Waals surface area contributed by atoms with Gasteiger partial charge in [0.1, 0.15) is 0 Å². The first-order chi connectivity index (χ1) is 7.15. The minimum absolute atomic E-state index is 0.713. The Labute approximate surface area is 89.5 Å². The number of aromatic nitrogens is 1. The molecule has 78 valence electrons. The van der Waals surface area contributed by atoms with Crippen LogP contribution < -0.4 is 5.73 Å². The van der Waals surface area contributed by atoms with Gasteiger partial charge in [-0.2, -0.15) is 0 Å². The first kappa shape index (κ1) is 9.93. The molecule has 0 amide bonds. The van der Waals surface area contributed by atoms with Crippen LogP contribution in [0.4, 0.5) is 5.69 Å². The second-order valence-corrected chi connectivity index (χ2v) is 4.03. The number of anilines is 1. The van der Waals surface area contributed by atoms with Crippen LogP contribution in [0.2, 0.25) is 0 Å². The van der Waals surface area contributed by atoms with Gasteiger partial charge in [0.2, 0.25) is 0 Å². The molecule has 1 aromatic carbocycles. The number of nitrogen functional groups attached to an aromatic ring is 1. The second kappa shape index (κ2) is 3.87. The number of hydrogen-bond donors (Lipinski definition) is 1. The normalized spacial score (nSPS) is 11.1. The standard InChI is InChI=1S/C12H15N3/c1-15(2)8-9-3-4-12-10(5-9)6-11(13)7-14-12/h3-7H,8,13H2,1-2H3. The molecule has 0 saturated carbocycles. The van der Waals surface area contributed by atoms with Crippen LogP contribution in [-0.2, 0) is 6.54 Å². The van der Waals surface area contributed by atoms with E-state index in [1.807, 2.05) is 12.1 Å². The summed E-state index contributed by atoms with van der Waals surface area (Å²) in [6.07, 6.45) is 1.69. The number of nitrogens with zero attached hydrogens (tertiary/aromatic N) is 2. The highest BCUT2D eigenvalue weighted by Gasteiger charge is 1.99. The summed E-state index contributed by atoms with van der Waals surface area (Å²) in [5.41, 5.74) is 8.68. The van der Waals surface area contributed by atoms with E-state index in [4.69, 9.17) is 5.73 Å². The van der Waals surface area contributed by atoms with Crippen LogP contribution >= 0.6 is 0 Å². The molecular formula is C12H15N3. The van der Waals surface area contributed by atoms with E-state index in [1.54, 1.807) is 6.20 Å². The van der Waals surface area contributed by atoms with Crippen LogP contribution in [-0.4, -0.2) is 24.0 Å². The predicted molar refractivity (Wildman–Crippen MR) is 63.5 cm³/mol. The minimum Gasteiger partial charge on any atom is -0.397 e. The Morgan fingerprint density at radius 1 is 1.27 bits per heavy atom. The molecule has 0 unspecified atom stereocenters. The molecule has 1 heterocycles. The molecule has 0 aliphatic rings. The number of nitrogens with two attached hydrogens (primary N) is 1. The van der Waals surface area contributed by atoms with Gasteiger partial charge in [0, 0.05) is 11.9 Å². The summed E-state index contributed by atoms with van der Waals surface area (Å²) in [5.74, 6) is 0. The molecule has 0 atom stereocenters. The van der Waals surface area contributed by atoms with E-state index < -0.39 is 0 Å².